The molecule has 0 fully saturated rings. The van der Waals surface area contributed by atoms with E-state index in [0.717, 1.165) is 16.8 Å². The third-order valence-electron chi connectivity index (χ3n) is 3.83. The Morgan fingerprint density at radius 3 is 2.61 bits per heavy atom. The Labute approximate surface area is 171 Å². The largest absolute Gasteiger partial charge is 0.277 e. The van der Waals surface area contributed by atoms with Gasteiger partial charge in [-0.1, -0.05) is 59.8 Å². The summed E-state index contributed by atoms with van der Waals surface area (Å²) < 4.78 is 1.75. The Morgan fingerprint density at radius 1 is 1.11 bits per heavy atom. The van der Waals surface area contributed by atoms with Gasteiger partial charge in [-0.05, 0) is 30.2 Å². The van der Waals surface area contributed by atoms with E-state index in [1.807, 2.05) is 55.5 Å². The summed E-state index contributed by atoms with van der Waals surface area (Å²) >= 11 is 7.38. The van der Waals surface area contributed by atoms with Crippen LogP contribution in [-0.4, -0.2) is 32.3 Å². The average Bonchev–Trinajstić information content (AvgIpc) is 3.16. The van der Waals surface area contributed by atoms with Crippen molar-refractivity contribution < 1.29 is 9.59 Å². The molecule has 0 aliphatic carbocycles. The number of aromatic nitrogens is 3. The number of nitrogens with zero attached hydrogens (tertiary/aromatic N) is 3. The van der Waals surface area contributed by atoms with E-state index in [2.05, 4.69) is 21.0 Å². The van der Waals surface area contributed by atoms with Crippen molar-refractivity contribution in [1.82, 2.24) is 25.6 Å². The summed E-state index contributed by atoms with van der Waals surface area (Å²) in [7, 11) is 0. The fraction of sp³-hybridized carbons (Fsp3) is 0.158. The molecule has 9 heteroatoms. The Morgan fingerprint density at radius 2 is 1.86 bits per heavy atom. The lowest BCUT2D eigenvalue weighted by Gasteiger charge is -2.09. The Kier molecular flexibility index (Phi) is 6.67. The first kappa shape index (κ1) is 19.9. The number of carbonyl (C=O) groups excluding carboxylic acids is 2. The summed E-state index contributed by atoms with van der Waals surface area (Å²) in [6, 6.07) is 14.9. The number of carbonyl (C=O) groups is 2. The van der Waals surface area contributed by atoms with E-state index < -0.39 is 0 Å². The van der Waals surface area contributed by atoms with Gasteiger partial charge in [-0.3, -0.25) is 25.0 Å². The quantitative estimate of drug-likeness (QED) is 0.477. The molecular formula is C19H18ClN5O2S. The minimum Gasteiger partial charge on any atom is -0.277 e. The van der Waals surface area contributed by atoms with Crippen LogP contribution in [-0.2, 0) is 16.0 Å². The third-order valence-corrected chi connectivity index (χ3v) is 5.18. The molecule has 0 saturated carbocycles. The first-order valence-electron chi connectivity index (χ1n) is 8.44. The van der Waals surface area contributed by atoms with Gasteiger partial charge in [0.15, 0.2) is 5.16 Å². The zero-order chi connectivity index (χ0) is 19.9. The number of benzene rings is 2. The molecule has 0 spiro atoms. The predicted molar refractivity (Wildman–Crippen MR) is 108 cm³/mol. The molecule has 1 aromatic heterocycles. The van der Waals surface area contributed by atoms with Gasteiger partial charge in [0, 0.05) is 5.02 Å². The number of halogens is 1. The minimum atomic E-state index is -0.345. The number of amides is 2. The first-order chi connectivity index (χ1) is 13.5. The van der Waals surface area contributed by atoms with Gasteiger partial charge in [-0.25, -0.2) is 0 Å². The van der Waals surface area contributed by atoms with Crippen LogP contribution in [0, 0.1) is 6.92 Å². The molecular weight excluding hydrogens is 398 g/mol. The van der Waals surface area contributed by atoms with Gasteiger partial charge in [-0.2, -0.15) is 0 Å². The molecule has 0 radical (unpaired) electrons. The molecule has 2 aromatic carbocycles. The van der Waals surface area contributed by atoms with Crippen LogP contribution in [0.4, 0.5) is 0 Å². The molecule has 2 N–H and O–H groups in total. The molecule has 3 rings (SSSR count). The molecule has 0 unspecified atom stereocenters. The number of hydrazine groups is 1. The number of thioether (sulfide) groups is 1. The number of rotatable bonds is 6. The summed E-state index contributed by atoms with van der Waals surface area (Å²) in [6.07, 6.45) is 1.75. The normalized spacial score (nSPS) is 10.5. The van der Waals surface area contributed by atoms with Crippen molar-refractivity contribution in [3.05, 3.63) is 71.0 Å². The van der Waals surface area contributed by atoms with Crippen LogP contribution in [0.3, 0.4) is 0 Å². The van der Waals surface area contributed by atoms with Crippen molar-refractivity contribution >= 4 is 35.2 Å². The highest BCUT2D eigenvalue weighted by Gasteiger charge is 2.12. The zero-order valence-corrected chi connectivity index (χ0v) is 16.6. The zero-order valence-electron chi connectivity index (χ0n) is 15.1. The summed E-state index contributed by atoms with van der Waals surface area (Å²) in [5.74, 6) is -0.561. The van der Waals surface area contributed by atoms with E-state index in [9.17, 15) is 9.59 Å². The molecule has 3 aromatic rings. The summed E-state index contributed by atoms with van der Waals surface area (Å²) in [6.45, 7) is 1.92. The molecule has 28 heavy (non-hydrogen) atoms. The smallest absolute Gasteiger partial charge is 0.248 e. The number of aryl methyl sites for hydroxylation is 1. The first-order valence-corrected chi connectivity index (χ1v) is 9.80. The van der Waals surface area contributed by atoms with Crippen molar-refractivity contribution in [3.8, 4) is 5.69 Å². The van der Waals surface area contributed by atoms with Crippen molar-refractivity contribution in [2.75, 3.05) is 5.75 Å². The average molecular weight is 416 g/mol. The molecule has 2 amide bonds. The highest BCUT2D eigenvalue weighted by molar-refractivity contribution is 7.99. The maximum atomic E-state index is 12.0. The van der Waals surface area contributed by atoms with Crippen LogP contribution in [0.1, 0.15) is 11.1 Å². The lowest BCUT2D eigenvalue weighted by Crippen LogP contribution is -2.43. The second-order valence-electron chi connectivity index (χ2n) is 5.96. The van der Waals surface area contributed by atoms with E-state index in [-0.39, 0.29) is 24.0 Å². The molecule has 1 heterocycles. The standard InChI is InChI=1S/C19H18ClN5O2S/c1-13-7-8-15(10-16(13)20)25-12-21-24-19(25)28-11-18(27)23-22-17(26)9-14-5-3-2-4-6-14/h2-8,10,12H,9,11H2,1H3,(H,22,26)(H,23,27). The monoisotopic (exact) mass is 415 g/mol. The van der Waals surface area contributed by atoms with Crippen molar-refractivity contribution in [2.24, 2.45) is 0 Å². The maximum absolute atomic E-state index is 12.0. The SMILES string of the molecule is Cc1ccc(-n2cnnc2SCC(=O)NNC(=O)Cc2ccccc2)cc1Cl. The van der Waals surface area contributed by atoms with Crippen LogP contribution in [0.15, 0.2) is 60.0 Å². The Bertz CT molecular complexity index is 977. The summed E-state index contributed by atoms with van der Waals surface area (Å²) in [4.78, 5) is 23.9. The van der Waals surface area contributed by atoms with E-state index in [0.29, 0.717) is 10.2 Å². The molecule has 0 aliphatic rings. The maximum Gasteiger partial charge on any atom is 0.248 e. The third kappa shape index (κ3) is 5.34. The van der Waals surface area contributed by atoms with Crippen LogP contribution >= 0.6 is 23.4 Å². The van der Waals surface area contributed by atoms with Crippen molar-refractivity contribution in [2.45, 2.75) is 18.5 Å². The van der Waals surface area contributed by atoms with Gasteiger partial charge in [-0.15, -0.1) is 10.2 Å². The van der Waals surface area contributed by atoms with E-state index >= 15 is 0 Å². The highest BCUT2D eigenvalue weighted by Crippen LogP contribution is 2.23. The molecule has 0 aliphatic heterocycles. The van der Waals surface area contributed by atoms with E-state index in [1.54, 1.807) is 10.9 Å². The van der Waals surface area contributed by atoms with E-state index in [1.165, 1.54) is 11.8 Å². The minimum absolute atomic E-state index is 0.0733. The molecule has 0 bridgehead atoms. The fourth-order valence-corrected chi connectivity index (χ4v) is 3.27. The van der Waals surface area contributed by atoms with Gasteiger partial charge in [0.1, 0.15) is 6.33 Å². The summed E-state index contributed by atoms with van der Waals surface area (Å²) in [5.41, 5.74) is 7.46. The predicted octanol–water partition coefficient (Wildman–Crippen LogP) is 2.71. The topological polar surface area (TPSA) is 88.9 Å². The number of hydrogen-bond acceptors (Lipinski definition) is 5. The lowest BCUT2D eigenvalue weighted by molar-refractivity contribution is -0.127. The molecule has 7 nitrogen and oxygen atoms in total. The van der Waals surface area contributed by atoms with Crippen molar-refractivity contribution in [1.29, 1.82) is 0 Å². The Balaban J connectivity index is 1.51. The van der Waals surface area contributed by atoms with Crippen LogP contribution < -0.4 is 10.9 Å². The van der Waals surface area contributed by atoms with Crippen molar-refractivity contribution in [3.63, 3.8) is 0 Å². The Hall–Kier alpha value is -2.84. The van der Waals surface area contributed by atoms with Gasteiger partial charge in [0.25, 0.3) is 0 Å². The number of hydrogen-bond donors (Lipinski definition) is 2. The van der Waals surface area contributed by atoms with Crippen LogP contribution in [0.25, 0.3) is 5.69 Å². The van der Waals surface area contributed by atoms with Gasteiger partial charge in [0.05, 0.1) is 17.9 Å². The van der Waals surface area contributed by atoms with Crippen LogP contribution in [0.5, 0.6) is 0 Å². The lowest BCUT2D eigenvalue weighted by atomic mass is 10.1. The van der Waals surface area contributed by atoms with Gasteiger partial charge >= 0.3 is 0 Å². The highest BCUT2D eigenvalue weighted by atomic mass is 35.5. The fourth-order valence-electron chi connectivity index (χ4n) is 2.36. The molecule has 0 atom stereocenters. The van der Waals surface area contributed by atoms with E-state index in [4.69, 9.17) is 11.6 Å². The van der Waals surface area contributed by atoms with Gasteiger partial charge < -0.3 is 0 Å². The second-order valence-corrected chi connectivity index (χ2v) is 7.31. The molecule has 144 valence electrons. The second kappa shape index (κ2) is 9.38. The molecule has 0 saturated heterocycles. The summed E-state index contributed by atoms with van der Waals surface area (Å²) in [5, 5.41) is 9.12. The van der Waals surface area contributed by atoms with Crippen LogP contribution in [0.2, 0.25) is 5.02 Å². The number of nitrogens with one attached hydrogen (secondary N) is 2. The van der Waals surface area contributed by atoms with Gasteiger partial charge in [0.2, 0.25) is 11.8 Å².